The molecule has 1 aliphatic rings. The number of carbonyl (C=O) groups is 2. The molecule has 0 aromatic heterocycles. The van der Waals surface area contributed by atoms with Gasteiger partial charge in [0.05, 0.1) is 23.7 Å². The molecule has 1 atom stereocenters. The van der Waals surface area contributed by atoms with Gasteiger partial charge in [0.15, 0.2) is 0 Å². The van der Waals surface area contributed by atoms with Gasteiger partial charge in [-0.2, -0.15) is 0 Å². The van der Waals surface area contributed by atoms with Crippen molar-refractivity contribution >= 4 is 34.7 Å². The maximum absolute atomic E-state index is 13.5. The molecule has 1 heterocycles. The molecule has 6 nitrogen and oxygen atoms in total. The van der Waals surface area contributed by atoms with Gasteiger partial charge in [-0.25, -0.2) is 4.39 Å². The van der Waals surface area contributed by atoms with Gasteiger partial charge in [-0.1, -0.05) is 23.7 Å². The van der Waals surface area contributed by atoms with Crippen LogP contribution in [0.4, 0.5) is 10.1 Å². The number of anilines is 1. The molecule has 1 fully saturated rings. The van der Waals surface area contributed by atoms with E-state index in [0.717, 1.165) is 17.0 Å². The van der Waals surface area contributed by atoms with E-state index in [2.05, 4.69) is 0 Å². The molecule has 4 rings (SSSR count). The van der Waals surface area contributed by atoms with Crippen LogP contribution in [0, 0.1) is 5.82 Å². The van der Waals surface area contributed by atoms with Gasteiger partial charge in [0.25, 0.3) is 11.7 Å². The van der Waals surface area contributed by atoms with Crippen molar-refractivity contribution in [3.8, 4) is 11.5 Å². The van der Waals surface area contributed by atoms with Crippen LogP contribution < -0.4 is 9.64 Å². The van der Waals surface area contributed by atoms with Crippen molar-refractivity contribution in [2.24, 2.45) is 0 Å². The predicted octanol–water partition coefficient (Wildman–Crippen LogP) is 4.82. The first kappa shape index (κ1) is 21.4. The number of aliphatic hydroxyl groups excluding tert-OH is 1. The third kappa shape index (κ3) is 3.67. The van der Waals surface area contributed by atoms with Crippen LogP contribution in [0.15, 0.2) is 72.3 Å². The second-order valence-electron chi connectivity index (χ2n) is 7.09. The van der Waals surface area contributed by atoms with Crippen LogP contribution in [-0.4, -0.2) is 29.0 Å². The number of benzene rings is 3. The second kappa shape index (κ2) is 8.36. The highest BCUT2D eigenvalue weighted by atomic mass is 35.5. The third-order valence-electron chi connectivity index (χ3n) is 5.16. The van der Waals surface area contributed by atoms with Gasteiger partial charge in [-0.05, 0) is 60.2 Å². The van der Waals surface area contributed by atoms with Crippen molar-refractivity contribution in [2.45, 2.75) is 6.04 Å². The van der Waals surface area contributed by atoms with Crippen LogP contribution in [-0.2, 0) is 9.59 Å². The number of methoxy groups -OCH3 is 1. The van der Waals surface area contributed by atoms with Crippen LogP contribution in [0.5, 0.6) is 11.5 Å². The van der Waals surface area contributed by atoms with E-state index in [-0.39, 0.29) is 27.6 Å². The number of aliphatic hydroxyl groups is 1. The Morgan fingerprint density at radius 2 is 1.78 bits per heavy atom. The van der Waals surface area contributed by atoms with E-state index < -0.39 is 29.3 Å². The summed E-state index contributed by atoms with van der Waals surface area (Å²) in [5.41, 5.74) is 0.660. The summed E-state index contributed by atoms with van der Waals surface area (Å²) in [4.78, 5) is 27.2. The Hall–Kier alpha value is -3.84. The molecule has 0 bridgehead atoms. The Kier molecular flexibility index (Phi) is 5.59. The number of phenolic OH excluding ortho intramolecular Hbond substituents is 1. The maximum atomic E-state index is 13.5. The summed E-state index contributed by atoms with van der Waals surface area (Å²) in [7, 11) is 1.44. The summed E-state index contributed by atoms with van der Waals surface area (Å²) in [5, 5.41) is 21.3. The number of hydrogen-bond acceptors (Lipinski definition) is 5. The number of rotatable bonds is 4. The second-order valence-corrected chi connectivity index (χ2v) is 7.50. The monoisotopic (exact) mass is 453 g/mol. The fourth-order valence-corrected chi connectivity index (χ4v) is 3.94. The van der Waals surface area contributed by atoms with Crippen LogP contribution in [0.2, 0.25) is 5.02 Å². The van der Waals surface area contributed by atoms with Crippen molar-refractivity contribution in [1.82, 2.24) is 0 Å². The minimum atomic E-state index is -1.06. The first-order valence-corrected chi connectivity index (χ1v) is 9.89. The standard InChI is InChI=1S/C24H17ClFNO5/c1-32-19-10-5-14(12-18(19)25)22(29)20-21(13-3-2-4-17(28)11-13)27(24(31)23(20)30)16-8-6-15(26)7-9-16/h2-12,21,28-29H,1H3/b22-20-. The van der Waals surface area contributed by atoms with E-state index in [9.17, 15) is 24.2 Å². The minimum absolute atomic E-state index is 0.0836. The quantitative estimate of drug-likeness (QED) is 0.336. The van der Waals surface area contributed by atoms with E-state index in [1.54, 1.807) is 12.1 Å². The SMILES string of the molecule is COc1ccc(/C(O)=C2/C(=O)C(=O)N(c3ccc(F)cc3)C2c2cccc(O)c2)cc1Cl. The van der Waals surface area contributed by atoms with Gasteiger partial charge < -0.3 is 14.9 Å². The molecule has 8 heteroatoms. The molecule has 3 aromatic carbocycles. The Labute approximate surface area is 187 Å². The number of phenols is 1. The number of Topliss-reactive ketones (excluding diaryl/α,β-unsaturated/α-hetero) is 1. The summed E-state index contributed by atoms with van der Waals surface area (Å²) in [5.74, 6) is -2.48. The topological polar surface area (TPSA) is 87.1 Å². The molecular formula is C24H17ClFNO5. The zero-order chi connectivity index (χ0) is 23.0. The summed E-state index contributed by atoms with van der Waals surface area (Å²) in [6.07, 6.45) is 0. The number of ether oxygens (including phenoxy) is 1. The lowest BCUT2D eigenvalue weighted by Crippen LogP contribution is -2.29. The van der Waals surface area contributed by atoms with Crippen molar-refractivity contribution in [3.05, 3.63) is 94.3 Å². The fourth-order valence-electron chi connectivity index (χ4n) is 3.68. The van der Waals surface area contributed by atoms with E-state index in [1.807, 2.05) is 0 Å². The summed E-state index contributed by atoms with van der Waals surface area (Å²) >= 11 is 6.17. The lowest BCUT2D eigenvalue weighted by molar-refractivity contribution is -0.132. The van der Waals surface area contributed by atoms with Gasteiger partial charge >= 0.3 is 0 Å². The minimum Gasteiger partial charge on any atom is -0.508 e. The molecule has 1 amide bonds. The summed E-state index contributed by atoms with van der Waals surface area (Å²) < 4.78 is 18.6. The normalized spacial score (nSPS) is 17.6. The zero-order valence-electron chi connectivity index (χ0n) is 16.8. The highest BCUT2D eigenvalue weighted by Crippen LogP contribution is 2.43. The number of aromatic hydroxyl groups is 1. The van der Waals surface area contributed by atoms with Crippen LogP contribution in [0.25, 0.3) is 5.76 Å². The number of carbonyl (C=O) groups excluding carboxylic acids is 2. The maximum Gasteiger partial charge on any atom is 0.300 e. The molecule has 1 unspecified atom stereocenters. The van der Waals surface area contributed by atoms with Crippen LogP contribution in [0.3, 0.4) is 0 Å². The largest absolute Gasteiger partial charge is 0.508 e. The number of hydrogen-bond donors (Lipinski definition) is 2. The van der Waals surface area contributed by atoms with Crippen LogP contribution in [0.1, 0.15) is 17.2 Å². The van der Waals surface area contributed by atoms with Crippen molar-refractivity contribution in [3.63, 3.8) is 0 Å². The Balaban J connectivity index is 1.94. The molecular weight excluding hydrogens is 437 g/mol. The molecule has 1 saturated heterocycles. The van der Waals surface area contributed by atoms with Crippen molar-refractivity contribution < 1.29 is 28.9 Å². The highest BCUT2D eigenvalue weighted by molar-refractivity contribution is 6.51. The number of halogens is 2. The Morgan fingerprint density at radius 1 is 1.06 bits per heavy atom. The predicted molar refractivity (Wildman–Crippen MR) is 117 cm³/mol. The summed E-state index contributed by atoms with van der Waals surface area (Å²) in [6.45, 7) is 0. The summed E-state index contributed by atoms with van der Waals surface area (Å²) in [6, 6.07) is 14.4. The molecule has 0 aliphatic carbocycles. The average molecular weight is 454 g/mol. The van der Waals surface area contributed by atoms with Gasteiger partial charge in [0, 0.05) is 11.3 Å². The van der Waals surface area contributed by atoms with Gasteiger partial charge in [0.2, 0.25) is 0 Å². The van der Waals surface area contributed by atoms with Crippen molar-refractivity contribution in [2.75, 3.05) is 12.0 Å². The van der Waals surface area contributed by atoms with E-state index in [4.69, 9.17) is 16.3 Å². The first-order valence-electron chi connectivity index (χ1n) is 9.51. The highest BCUT2D eigenvalue weighted by Gasteiger charge is 2.47. The lowest BCUT2D eigenvalue weighted by Gasteiger charge is -2.25. The van der Waals surface area contributed by atoms with E-state index in [1.165, 1.54) is 49.6 Å². The zero-order valence-corrected chi connectivity index (χ0v) is 17.5. The van der Waals surface area contributed by atoms with Gasteiger partial charge in [0.1, 0.15) is 23.1 Å². The molecule has 2 N–H and O–H groups in total. The van der Waals surface area contributed by atoms with Crippen LogP contribution >= 0.6 is 11.6 Å². The molecule has 1 aliphatic heterocycles. The Bertz CT molecular complexity index is 1260. The smallest absolute Gasteiger partial charge is 0.300 e. The number of ketones is 1. The fraction of sp³-hybridized carbons (Fsp3) is 0.0833. The molecule has 0 radical (unpaired) electrons. The van der Waals surface area contributed by atoms with Gasteiger partial charge in [-0.15, -0.1) is 0 Å². The first-order chi connectivity index (χ1) is 15.3. The lowest BCUT2D eigenvalue weighted by atomic mass is 9.95. The number of amides is 1. The van der Waals surface area contributed by atoms with E-state index >= 15 is 0 Å². The Morgan fingerprint density at radius 3 is 2.41 bits per heavy atom. The number of nitrogens with zero attached hydrogens (tertiary/aromatic N) is 1. The molecule has 0 spiro atoms. The molecule has 0 saturated carbocycles. The van der Waals surface area contributed by atoms with Crippen molar-refractivity contribution in [1.29, 1.82) is 0 Å². The average Bonchev–Trinajstić information content (AvgIpc) is 3.04. The molecule has 3 aromatic rings. The molecule has 162 valence electrons. The third-order valence-corrected chi connectivity index (χ3v) is 5.46. The van der Waals surface area contributed by atoms with Gasteiger partial charge in [-0.3, -0.25) is 14.5 Å². The van der Waals surface area contributed by atoms with E-state index in [0.29, 0.717) is 11.3 Å². The molecule has 32 heavy (non-hydrogen) atoms.